The maximum absolute atomic E-state index is 14.4. The van der Waals surface area contributed by atoms with Gasteiger partial charge in [0.15, 0.2) is 0 Å². The van der Waals surface area contributed by atoms with E-state index in [0.29, 0.717) is 37.8 Å². The Bertz CT molecular complexity index is 1160. The van der Waals surface area contributed by atoms with Crippen molar-refractivity contribution in [2.75, 3.05) is 26.3 Å². The number of unbranched alkanes of at least 4 members (excludes halogenated alkanes) is 5. The first-order valence-corrected chi connectivity index (χ1v) is 14.4. The molecule has 0 spiro atoms. The number of fused-ring (bicyclic) bond motifs is 1. The number of halogens is 2. The first-order chi connectivity index (χ1) is 18.7. The molecule has 0 unspecified atom stereocenters. The highest BCUT2D eigenvalue weighted by Crippen LogP contribution is 2.23. The van der Waals surface area contributed by atoms with Crippen molar-refractivity contribution in [3.63, 3.8) is 0 Å². The topological polar surface area (TPSA) is 64.5 Å². The highest BCUT2D eigenvalue weighted by Gasteiger charge is 2.15. The fourth-order valence-corrected chi connectivity index (χ4v) is 4.54. The van der Waals surface area contributed by atoms with Gasteiger partial charge in [-0.15, -0.1) is 0 Å². The third-order valence-electron chi connectivity index (χ3n) is 6.33. The van der Waals surface area contributed by atoms with Gasteiger partial charge in [0.2, 0.25) is 0 Å². The number of amides is 1. The fourth-order valence-electron chi connectivity index (χ4n) is 4.41. The van der Waals surface area contributed by atoms with Crippen LogP contribution in [0.15, 0.2) is 48.7 Å². The van der Waals surface area contributed by atoms with Crippen LogP contribution < -0.4 is 10.6 Å². The van der Waals surface area contributed by atoms with Gasteiger partial charge in [0.1, 0.15) is 11.4 Å². The smallest absolute Gasteiger partial charge is 0.407 e. The van der Waals surface area contributed by atoms with Crippen molar-refractivity contribution in [3.05, 3.63) is 70.6 Å². The van der Waals surface area contributed by atoms with E-state index >= 15 is 0 Å². The van der Waals surface area contributed by atoms with E-state index in [-0.39, 0.29) is 11.9 Å². The second-order valence-electron chi connectivity index (χ2n) is 10.9. The number of ether oxygens (including phenoxy) is 2. The Morgan fingerprint density at radius 1 is 0.949 bits per heavy atom. The summed E-state index contributed by atoms with van der Waals surface area (Å²) in [5.74, 6) is -0.231. The van der Waals surface area contributed by atoms with Gasteiger partial charge in [-0.25, -0.2) is 9.18 Å². The number of hydrogen-bond acceptors (Lipinski definition) is 4. The summed E-state index contributed by atoms with van der Waals surface area (Å²) >= 11 is 5.99. The SMILES string of the molecule is CC(C)(C)OC(=O)NCCCCCCCCOCCNCc1cc(F)cc2c1ccn2Cc1ccc(Cl)cc1. The average molecular weight is 560 g/mol. The maximum Gasteiger partial charge on any atom is 0.407 e. The molecule has 2 aromatic carbocycles. The molecule has 0 atom stereocenters. The summed E-state index contributed by atoms with van der Waals surface area (Å²) in [4.78, 5) is 11.6. The van der Waals surface area contributed by atoms with Gasteiger partial charge in [0.25, 0.3) is 0 Å². The highest BCUT2D eigenvalue weighted by molar-refractivity contribution is 6.30. The van der Waals surface area contributed by atoms with Crippen molar-refractivity contribution in [3.8, 4) is 0 Å². The number of rotatable bonds is 16. The number of alkyl carbamates (subject to hydrolysis) is 1. The molecular formula is C31H43ClFN3O3. The molecule has 3 aromatic rings. The second-order valence-corrected chi connectivity index (χ2v) is 11.3. The summed E-state index contributed by atoms with van der Waals surface area (Å²) in [5, 5.41) is 7.94. The van der Waals surface area contributed by atoms with Gasteiger partial charge in [-0.05, 0) is 75.1 Å². The van der Waals surface area contributed by atoms with Crippen LogP contribution >= 0.6 is 11.6 Å². The van der Waals surface area contributed by atoms with Crippen LogP contribution in [-0.4, -0.2) is 42.6 Å². The first kappa shape index (κ1) is 30.9. The molecule has 0 radical (unpaired) electrons. The van der Waals surface area contributed by atoms with Gasteiger partial charge in [-0.3, -0.25) is 0 Å². The zero-order valence-electron chi connectivity index (χ0n) is 23.5. The normalized spacial score (nSPS) is 11.7. The summed E-state index contributed by atoms with van der Waals surface area (Å²) in [5.41, 5.74) is 2.49. The lowest BCUT2D eigenvalue weighted by atomic mass is 10.1. The van der Waals surface area contributed by atoms with E-state index in [0.717, 1.165) is 60.7 Å². The quantitative estimate of drug-likeness (QED) is 0.179. The zero-order valence-corrected chi connectivity index (χ0v) is 24.3. The van der Waals surface area contributed by atoms with Gasteiger partial charge < -0.3 is 24.7 Å². The molecule has 1 heterocycles. The van der Waals surface area contributed by atoms with Crippen molar-refractivity contribution in [2.24, 2.45) is 0 Å². The Balaban J connectivity index is 1.24. The Morgan fingerprint density at radius 3 is 2.41 bits per heavy atom. The van der Waals surface area contributed by atoms with Crippen LogP contribution in [0, 0.1) is 5.82 Å². The Labute approximate surface area is 237 Å². The monoisotopic (exact) mass is 559 g/mol. The number of carbonyl (C=O) groups is 1. The van der Waals surface area contributed by atoms with Gasteiger partial charge in [0, 0.05) is 49.4 Å². The van der Waals surface area contributed by atoms with E-state index in [9.17, 15) is 9.18 Å². The number of carbonyl (C=O) groups excluding carboxylic acids is 1. The molecular weight excluding hydrogens is 517 g/mol. The lowest BCUT2D eigenvalue weighted by molar-refractivity contribution is 0.0527. The third kappa shape index (κ3) is 11.6. The predicted molar refractivity (Wildman–Crippen MR) is 157 cm³/mol. The summed E-state index contributed by atoms with van der Waals surface area (Å²) in [6, 6.07) is 13.0. The van der Waals surface area contributed by atoms with E-state index in [1.54, 1.807) is 12.1 Å². The molecule has 0 aliphatic carbocycles. The van der Waals surface area contributed by atoms with Gasteiger partial charge >= 0.3 is 6.09 Å². The Kier molecular flexibility index (Phi) is 12.6. The minimum atomic E-state index is -0.455. The Hall–Kier alpha value is -2.61. The van der Waals surface area contributed by atoms with Gasteiger partial charge in [-0.1, -0.05) is 49.4 Å². The molecule has 214 valence electrons. The van der Waals surface area contributed by atoms with Crippen LogP contribution in [0.2, 0.25) is 5.02 Å². The molecule has 0 fully saturated rings. The molecule has 1 amide bonds. The minimum absolute atomic E-state index is 0.231. The number of aromatic nitrogens is 1. The summed E-state index contributed by atoms with van der Waals surface area (Å²) < 4.78 is 27.4. The van der Waals surface area contributed by atoms with Crippen LogP contribution in [0.4, 0.5) is 9.18 Å². The van der Waals surface area contributed by atoms with Crippen molar-refractivity contribution in [1.82, 2.24) is 15.2 Å². The number of nitrogens with zero attached hydrogens (tertiary/aromatic N) is 1. The molecule has 8 heteroatoms. The molecule has 2 N–H and O–H groups in total. The van der Waals surface area contributed by atoms with E-state index in [4.69, 9.17) is 21.1 Å². The lowest BCUT2D eigenvalue weighted by Crippen LogP contribution is -2.32. The van der Waals surface area contributed by atoms with Crippen LogP contribution in [0.1, 0.15) is 70.4 Å². The summed E-state index contributed by atoms with van der Waals surface area (Å²) in [6.45, 7) is 9.59. The summed E-state index contributed by atoms with van der Waals surface area (Å²) in [7, 11) is 0. The minimum Gasteiger partial charge on any atom is -0.444 e. The van der Waals surface area contributed by atoms with Crippen LogP contribution in [0.3, 0.4) is 0 Å². The molecule has 0 saturated heterocycles. The maximum atomic E-state index is 14.4. The zero-order chi connectivity index (χ0) is 28.1. The van der Waals surface area contributed by atoms with Crippen molar-refractivity contribution in [1.29, 1.82) is 0 Å². The van der Waals surface area contributed by atoms with Gasteiger partial charge in [0.05, 0.1) is 12.1 Å². The molecule has 6 nitrogen and oxygen atoms in total. The molecule has 3 rings (SSSR count). The number of nitrogens with one attached hydrogen (secondary N) is 2. The van der Waals surface area contributed by atoms with Crippen LogP contribution in [0.5, 0.6) is 0 Å². The predicted octanol–water partition coefficient (Wildman–Crippen LogP) is 7.45. The van der Waals surface area contributed by atoms with Crippen molar-refractivity contribution >= 4 is 28.6 Å². The molecule has 39 heavy (non-hydrogen) atoms. The first-order valence-electron chi connectivity index (χ1n) is 14.0. The highest BCUT2D eigenvalue weighted by atomic mass is 35.5. The average Bonchev–Trinajstić information content (AvgIpc) is 3.26. The molecule has 1 aromatic heterocycles. The van der Waals surface area contributed by atoms with E-state index in [1.807, 2.05) is 51.2 Å². The van der Waals surface area contributed by atoms with Gasteiger partial charge in [-0.2, -0.15) is 0 Å². The van der Waals surface area contributed by atoms with Crippen molar-refractivity contribution in [2.45, 2.75) is 78.0 Å². The van der Waals surface area contributed by atoms with E-state index < -0.39 is 5.60 Å². The summed E-state index contributed by atoms with van der Waals surface area (Å²) in [6.07, 6.45) is 8.23. The Morgan fingerprint density at radius 2 is 1.67 bits per heavy atom. The largest absolute Gasteiger partial charge is 0.444 e. The lowest BCUT2D eigenvalue weighted by Gasteiger charge is -2.19. The molecule has 0 aliphatic heterocycles. The fraction of sp³-hybridized carbons (Fsp3) is 0.516. The van der Waals surface area contributed by atoms with Crippen molar-refractivity contribution < 1.29 is 18.7 Å². The van der Waals surface area contributed by atoms with E-state index in [2.05, 4.69) is 21.3 Å². The van der Waals surface area contributed by atoms with Crippen LogP contribution in [0.25, 0.3) is 10.9 Å². The standard InChI is InChI=1S/C31H43ClFN3O3/c1-31(2,3)39-30(37)35-15-8-6-4-5-7-9-18-38-19-16-34-22-25-20-27(33)21-29-28(25)14-17-36(29)23-24-10-12-26(32)13-11-24/h10-14,17,20-21,34H,4-9,15-16,18-19,22-23H2,1-3H3,(H,35,37). The van der Waals surface area contributed by atoms with Crippen LogP contribution in [-0.2, 0) is 22.6 Å². The molecule has 0 saturated carbocycles. The number of hydrogen-bond donors (Lipinski definition) is 2. The molecule has 0 bridgehead atoms. The molecule has 0 aliphatic rings. The second kappa shape index (κ2) is 15.8. The third-order valence-corrected chi connectivity index (χ3v) is 6.58. The van der Waals surface area contributed by atoms with E-state index in [1.165, 1.54) is 6.42 Å². The number of benzene rings is 2.